The number of para-hydroxylation sites is 1. The Hall–Kier alpha value is -3.11. The smallest absolute Gasteiger partial charge is 0.308 e. The van der Waals surface area contributed by atoms with Gasteiger partial charge in [0.25, 0.3) is 0 Å². The lowest BCUT2D eigenvalue weighted by molar-refractivity contribution is 0.0898. The fourth-order valence-electron chi connectivity index (χ4n) is 3.92. The molecule has 5 heteroatoms. The molecule has 4 rings (SSSR count). The quantitative estimate of drug-likeness (QED) is 0.489. The highest BCUT2D eigenvalue weighted by Crippen LogP contribution is 2.34. The number of Topliss-reactive ketones (excluding diaryl/α,β-unsaturated/α-hetero) is 1. The summed E-state index contributed by atoms with van der Waals surface area (Å²) in [5, 5.41) is 6.12. The third-order valence-electron chi connectivity index (χ3n) is 5.57. The topological polar surface area (TPSA) is 58.2 Å². The van der Waals surface area contributed by atoms with Crippen LogP contribution >= 0.6 is 11.6 Å². The van der Waals surface area contributed by atoms with Gasteiger partial charge in [0.1, 0.15) is 0 Å². The molecule has 152 valence electrons. The van der Waals surface area contributed by atoms with Crippen LogP contribution in [0.15, 0.2) is 66.7 Å². The second kappa shape index (κ2) is 8.72. The molecule has 2 N–H and O–H groups in total. The molecule has 2 amide bonds. The van der Waals surface area contributed by atoms with Crippen molar-refractivity contribution in [2.24, 2.45) is 5.92 Å². The normalized spacial score (nSPS) is 15.4. The number of nitrogens with one attached hydrogen (secondary N) is 2. The summed E-state index contributed by atoms with van der Waals surface area (Å²) in [6.07, 6.45) is 2.70. The van der Waals surface area contributed by atoms with Gasteiger partial charge in [0.05, 0.1) is 5.02 Å². The summed E-state index contributed by atoms with van der Waals surface area (Å²) in [4.78, 5) is 24.8. The summed E-state index contributed by atoms with van der Waals surface area (Å²) in [5.41, 5.74) is 5.09. The number of fused-ring (bicyclic) bond motifs is 1. The zero-order valence-electron chi connectivity index (χ0n) is 16.7. The minimum absolute atomic E-state index is 0.138. The molecule has 0 saturated carbocycles. The van der Waals surface area contributed by atoms with Gasteiger partial charge in [0.15, 0.2) is 5.78 Å². The van der Waals surface area contributed by atoms with E-state index in [-0.39, 0.29) is 17.7 Å². The predicted molar refractivity (Wildman–Crippen MR) is 122 cm³/mol. The Bertz CT molecular complexity index is 1100. The van der Waals surface area contributed by atoms with E-state index in [0.29, 0.717) is 16.4 Å². The summed E-state index contributed by atoms with van der Waals surface area (Å²) in [6.45, 7) is 2.07. The van der Waals surface area contributed by atoms with Crippen molar-refractivity contribution < 1.29 is 9.59 Å². The first-order chi connectivity index (χ1) is 14.5. The number of benzene rings is 3. The molecule has 0 radical (unpaired) electrons. The number of anilines is 2. The molecule has 0 fully saturated rings. The number of ketones is 1. The zero-order valence-corrected chi connectivity index (χ0v) is 17.5. The van der Waals surface area contributed by atoms with Crippen molar-refractivity contribution >= 4 is 34.8 Å². The number of hydrogen-bond acceptors (Lipinski definition) is 2. The molecule has 1 aliphatic rings. The van der Waals surface area contributed by atoms with Gasteiger partial charge in [-0.3, -0.25) is 4.79 Å². The molecule has 4 nitrogen and oxygen atoms in total. The Morgan fingerprint density at radius 1 is 0.967 bits per heavy atom. The summed E-state index contributed by atoms with van der Waals surface area (Å²) < 4.78 is 0. The summed E-state index contributed by atoms with van der Waals surface area (Å²) in [7, 11) is 0. The lowest BCUT2D eigenvalue weighted by Crippen LogP contribution is -2.21. The first kappa shape index (κ1) is 20.2. The van der Waals surface area contributed by atoms with E-state index in [1.54, 1.807) is 6.07 Å². The second-order valence-electron chi connectivity index (χ2n) is 7.52. The first-order valence-corrected chi connectivity index (χ1v) is 10.5. The van der Waals surface area contributed by atoms with Crippen molar-refractivity contribution in [3.63, 3.8) is 0 Å². The maximum absolute atomic E-state index is 12.6. The van der Waals surface area contributed by atoms with Gasteiger partial charge in [-0.15, -0.1) is 0 Å². The molecular weight excluding hydrogens is 396 g/mol. The number of rotatable bonds is 4. The molecule has 0 bridgehead atoms. The molecule has 1 unspecified atom stereocenters. The molecule has 3 aromatic rings. The van der Waals surface area contributed by atoms with E-state index in [0.717, 1.165) is 41.5 Å². The van der Waals surface area contributed by atoms with Crippen LogP contribution in [-0.4, -0.2) is 11.8 Å². The van der Waals surface area contributed by atoms with Crippen molar-refractivity contribution in [2.45, 2.75) is 26.2 Å². The van der Waals surface area contributed by atoms with Crippen molar-refractivity contribution in [1.29, 1.82) is 0 Å². The van der Waals surface area contributed by atoms with Crippen molar-refractivity contribution in [1.82, 2.24) is 0 Å². The SMILES string of the molecule is CCC1CCc2cc(-c3ccc(NC(=O)Nc4ccccc4)cc3Cl)ccc2C1=O. The molecule has 0 spiro atoms. The van der Waals surface area contributed by atoms with Gasteiger partial charge < -0.3 is 10.6 Å². The number of halogens is 1. The predicted octanol–water partition coefficient (Wildman–Crippen LogP) is 6.81. The standard InChI is InChI=1S/C25H23ClN2O2/c1-2-16-8-9-18-14-17(10-12-22(18)24(16)29)21-13-11-20(15-23(21)26)28-25(30)27-19-6-4-3-5-7-19/h3-7,10-16H,2,8-9H2,1H3,(H2,27,28,30). The average Bonchev–Trinajstić information content (AvgIpc) is 2.74. The van der Waals surface area contributed by atoms with Crippen LogP contribution in [0.25, 0.3) is 11.1 Å². The van der Waals surface area contributed by atoms with Gasteiger partial charge in [-0.25, -0.2) is 4.79 Å². The van der Waals surface area contributed by atoms with Gasteiger partial charge >= 0.3 is 6.03 Å². The molecule has 3 aromatic carbocycles. The lowest BCUT2D eigenvalue weighted by Gasteiger charge is -2.23. The molecule has 30 heavy (non-hydrogen) atoms. The van der Waals surface area contributed by atoms with Gasteiger partial charge in [-0.2, -0.15) is 0 Å². The van der Waals surface area contributed by atoms with E-state index in [9.17, 15) is 9.59 Å². The Morgan fingerprint density at radius 2 is 1.70 bits per heavy atom. The fraction of sp³-hybridized carbons (Fsp3) is 0.200. The summed E-state index contributed by atoms with van der Waals surface area (Å²) in [5.74, 6) is 0.389. The first-order valence-electron chi connectivity index (χ1n) is 10.1. The van der Waals surface area contributed by atoms with Crippen LogP contribution in [0.2, 0.25) is 5.02 Å². The van der Waals surface area contributed by atoms with Crippen molar-refractivity contribution in [2.75, 3.05) is 10.6 Å². The van der Waals surface area contributed by atoms with E-state index in [2.05, 4.69) is 23.6 Å². The number of amides is 2. The van der Waals surface area contributed by atoms with E-state index in [1.165, 1.54) is 0 Å². The Morgan fingerprint density at radius 3 is 2.43 bits per heavy atom. The lowest BCUT2D eigenvalue weighted by atomic mass is 9.80. The largest absolute Gasteiger partial charge is 0.323 e. The van der Waals surface area contributed by atoms with E-state index in [4.69, 9.17) is 11.6 Å². The minimum Gasteiger partial charge on any atom is -0.308 e. The highest BCUT2D eigenvalue weighted by Gasteiger charge is 2.26. The van der Waals surface area contributed by atoms with Crippen LogP contribution < -0.4 is 10.6 Å². The maximum atomic E-state index is 12.6. The van der Waals surface area contributed by atoms with Gasteiger partial charge in [-0.05, 0) is 54.7 Å². The number of urea groups is 1. The van der Waals surface area contributed by atoms with Crippen LogP contribution in [0.5, 0.6) is 0 Å². The number of carbonyl (C=O) groups excluding carboxylic acids is 2. The van der Waals surface area contributed by atoms with Crippen LogP contribution in [-0.2, 0) is 6.42 Å². The average molecular weight is 419 g/mol. The molecule has 0 aromatic heterocycles. The third-order valence-corrected chi connectivity index (χ3v) is 5.88. The van der Waals surface area contributed by atoms with Crippen molar-refractivity contribution in [3.8, 4) is 11.1 Å². The van der Waals surface area contributed by atoms with Gasteiger partial charge in [-0.1, -0.05) is 61.0 Å². The van der Waals surface area contributed by atoms with Gasteiger partial charge in [0.2, 0.25) is 0 Å². The summed E-state index contributed by atoms with van der Waals surface area (Å²) >= 11 is 6.53. The Labute approximate surface area is 181 Å². The monoisotopic (exact) mass is 418 g/mol. The van der Waals surface area contributed by atoms with E-state index in [1.807, 2.05) is 54.6 Å². The van der Waals surface area contributed by atoms with Crippen molar-refractivity contribution in [3.05, 3.63) is 82.9 Å². The third kappa shape index (κ3) is 4.24. The second-order valence-corrected chi connectivity index (χ2v) is 7.93. The fourth-order valence-corrected chi connectivity index (χ4v) is 4.21. The van der Waals surface area contributed by atoms with Crippen LogP contribution in [0.4, 0.5) is 16.2 Å². The maximum Gasteiger partial charge on any atom is 0.323 e. The molecule has 0 aliphatic heterocycles. The van der Waals surface area contributed by atoms with Gasteiger partial charge in [0, 0.05) is 28.4 Å². The van der Waals surface area contributed by atoms with Crippen LogP contribution in [0, 0.1) is 5.92 Å². The number of carbonyl (C=O) groups is 2. The minimum atomic E-state index is -0.331. The number of aryl methyl sites for hydroxylation is 1. The van der Waals surface area contributed by atoms with Crippen LogP contribution in [0.3, 0.4) is 0 Å². The molecule has 1 atom stereocenters. The highest BCUT2D eigenvalue weighted by atomic mass is 35.5. The molecule has 0 heterocycles. The Kier molecular flexibility index (Phi) is 5.86. The molecule has 0 saturated heterocycles. The number of hydrogen-bond donors (Lipinski definition) is 2. The van der Waals surface area contributed by atoms with E-state index < -0.39 is 0 Å². The molecular formula is C25H23ClN2O2. The molecule has 1 aliphatic carbocycles. The Balaban J connectivity index is 1.51. The zero-order chi connectivity index (χ0) is 21.1. The van der Waals surface area contributed by atoms with E-state index >= 15 is 0 Å². The summed E-state index contributed by atoms with van der Waals surface area (Å²) in [6, 6.07) is 20.3. The van der Waals surface area contributed by atoms with Crippen LogP contribution in [0.1, 0.15) is 35.7 Å². The highest BCUT2D eigenvalue weighted by molar-refractivity contribution is 6.33.